The highest BCUT2D eigenvalue weighted by Crippen LogP contribution is 2.32. The zero-order chi connectivity index (χ0) is 10.1. The molecule has 0 aromatic carbocycles. The summed E-state index contributed by atoms with van der Waals surface area (Å²) in [5.74, 6) is 0.739. The van der Waals surface area contributed by atoms with E-state index in [0.717, 1.165) is 0 Å². The summed E-state index contributed by atoms with van der Waals surface area (Å²) >= 11 is 5.57. The minimum Gasteiger partial charge on any atom is -0.440 e. The van der Waals surface area contributed by atoms with Gasteiger partial charge in [0, 0.05) is 6.04 Å². The Morgan fingerprint density at radius 2 is 2.36 bits per heavy atom. The SMILES string of the molecule is CC(NC(=O)c1ccc(Cl)o1)C1CC1. The fourth-order valence-corrected chi connectivity index (χ4v) is 1.57. The molecule has 0 aliphatic heterocycles. The molecule has 0 bridgehead atoms. The number of amides is 1. The quantitative estimate of drug-likeness (QED) is 0.838. The average Bonchev–Trinajstić information content (AvgIpc) is 2.89. The van der Waals surface area contributed by atoms with E-state index < -0.39 is 0 Å². The molecule has 1 fully saturated rings. The first-order chi connectivity index (χ1) is 6.66. The van der Waals surface area contributed by atoms with Gasteiger partial charge >= 0.3 is 0 Å². The van der Waals surface area contributed by atoms with Crippen molar-refractivity contribution in [1.82, 2.24) is 5.32 Å². The molecule has 1 aliphatic rings. The van der Waals surface area contributed by atoms with Crippen LogP contribution < -0.4 is 5.32 Å². The van der Waals surface area contributed by atoms with Gasteiger partial charge in [0.25, 0.3) is 5.91 Å². The first kappa shape index (κ1) is 9.59. The molecule has 0 saturated heterocycles. The number of hydrogen-bond donors (Lipinski definition) is 1. The van der Waals surface area contributed by atoms with E-state index in [2.05, 4.69) is 5.32 Å². The van der Waals surface area contributed by atoms with Crippen LogP contribution in [0.2, 0.25) is 5.22 Å². The van der Waals surface area contributed by atoms with Crippen molar-refractivity contribution in [2.24, 2.45) is 5.92 Å². The van der Waals surface area contributed by atoms with Crippen LogP contribution in [0.5, 0.6) is 0 Å². The predicted molar refractivity (Wildman–Crippen MR) is 53.4 cm³/mol. The van der Waals surface area contributed by atoms with Crippen LogP contribution in [0.4, 0.5) is 0 Å². The normalized spacial score (nSPS) is 17.9. The summed E-state index contributed by atoms with van der Waals surface area (Å²) in [6, 6.07) is 3.38. The number of nitrogens with one attached hydrogen (secondary N) is 1. The molecule has 76 valence electrons. The fraction of sp³-hybridized carbons (Fsp3) is 0.500. The van der Waals surface area contributed by atoms with Gasteiger partial charge < -0.3 is 9.73 Å². The Balaban J connectivity index is 1.94. The van der Waals surface area contributed by atoms with E-state index in [-0.39, 0.29) is 22.9 Å². The minimum atomic E-state index is -0.184. The third-order valence-corrected chi connectivity index (χ3v) is 2.69. The van der Waals surface area contributed by atoms with Gasteiger partial charge in [0.05, 0.1) is 0 Å². The van der Waals surface area contributed by atoms with Crippen LogP contribution >= 0.6 is 11.6 Å². The molecule has 0 radical (unpaired) electrons. The number of rotatable bonds is 3. The van der Waals surface area contributed by atoms with Gasteiger partial charge in [-0.1, -0.05) is 0 Å². The zero-order valence-electron chi connectivity index (χ0n) is 7.92. The summed E-state index contributed by atoms with van der Waals surface area (Å²) in [7, 11) is 0. The molecule has 1 atom stereocenters. The van der Waals surface area contributed by atoms with Crippen molar-refractivity contribution >= 4 is 17.5 Å². The van der Waals surface area contributed by atoms with Crippen LogP contribution in [0.25, 0.3) is 0 Å². The van der Waals surface area contributed by atoms with Crippen molar-refractivity contribution < 1.29 is 9.21 Å². The Morgan fingerprint density at radius 1 is 1.64 bits per heavy atom. The summed E-state index contributed by atoms with van der Waals surface area (Å²) in [5.41, 5.74) is 0. The largest absolute Gasteiger partial charge is 0.440 e. The van der Waals surface area contributed by atoms with Gasteiger partial charge in [0.2, 0.25) is 0 Å². The van der Waals surface area contributed by atoms with E-state index in [4.69, 9.17) is 16.0 Å². The Labute approximate surface area is 87.4 Å². The Kier molecular flexibility index (Phi) is 2.50. The molecule has 14 heavy (non-hydrogen) atoms. The lowest BCUT2D eigenvalue weighted by atomic mass is 10.2. The van der Waals surface area contributed by atoms with Gasteiger partial charge in [0.1, 0.15) is 0 Å². The van der Waals surface area contributed by atoms with Crippen LogP contribution in [0.15, 0.2) is 16.5 Å². The van der Waals surface area contributed by atoms with Crippen molar-refractivity contribution in [3.8, 4) is 0 Å². The van der Waals surface area contributed by atoms with Crippen molar-refractivity contribution in [1.29, 1.82) is 0 Å². The molecule has 1 aromatic heterocycles. The maximum absolute atomic E-state index is 11.5. The fourth-order valence-electron chi connectivity index (χ4n) is 1.43. The highest BCUT2D eigenvalue weighted by atomic mass is 35.5. The van der Waals surface area contributed by atoms with Gasteiger partial charge in [-0.15, -0.1) is 0 Å². The van der Waals surface area contributed by atoms with Crippen molar-refractivity contribution in [2.45, 2.75) is 25.8 Å². The zero-order valence-corrected chi connectivity index (χ0v) is 8.67. The van der Waals surface area contributed by atoms with Gasteiger partial charge in [0.15, 0.2) is 11.0 Å². The molecule has 1 heterocycles. The second-order valence-corrected chi connectivity index (χ2v) is 4.08. The van der Waals surface area contributed by atoms with Crippen LogP contribution in [-0.2, 0) is 0 Å². The van der Waals surface area contributed by atoms with E-state index in [9.17, 15) is 4.79 Å². The summed E-state index contributed by atoms with van der Waals surface area (Å²) in [6.07, 6.45) is 2.42. The summed E-state index contributed by atoms with van der Waals surface area (Å²) in [4.78, 5) is 11.5. The average molecular weight is 214 g/mol. The standard InChI is InChI=1S/C10H12ClNO2/c1-6(7-2-3-7)12-10(13)8-4-5-9(11)14-8/h4-7H,2-3H2,1H3,(H,12,13). The van der Waals surface area contributed by atoms with Crippen LogP contribution in [0.1, 0.15) is 30.3 Å². The molecule has 1 aliphatic carbocycles. The van der Waals surface area contributed by atoms with Crippen LogP contribution in [-0.4, -0.2) is 11.9 Å². The maximum Gasteiger partial charge on any atom is 0.287 e. The Hall–Kier alpha value is -0.960. The first-order valence-electron chi connectivity index (χ1n) is 4.73. The molecule has 0 spiro atoms. The molecular weight excluding hydrogens is 202 g/mol. The van der Waals surface area contributed by atoms with Crippen LogP contribution in [0, 0.1) is 5.92 Å². The van der Waals surface area contributed by atoms with Gasteiger partial charge in [-0.05, 0) is 49.4 Å². The number of hydrogen-bond acceptors (Lipinski definition) is 2. The molecule has 1 N–H and O–H groups in total. The lowest BCUT2D eigenvalue weighted by Crippen LogP contribution is -2.33. The Morgan fingerprint density at radius 3 is 2.86 bits per heavy atom. The molecule has 1 amide bonds. The van der Waals surface area contributed by atoms with E-state index in [0.29, 0.717) is 5.92 Å². The third kappa shape index (κ3) is 2.10. The number of carbonyl (C=O) groups is 1. The molecule has 3 nitrogen and oxygen atoms in total. The smallest absolute Gasteiger partial charge is 0.287 e. The third-order valence-electron chi connectivity index (χ3n) is 2.48. The first-order valence-corrected chi connectivity index (χ1v) is 5.11. The van der Waals surface area contributed by atoms with E-state index in [1.54, 1.807) is 12.1 Å². The van der Waals surface area contributed by atoms with Gasteiger partial charge in [-0.3, -0.25) is 4.79 Å². The van der Waals surface area contributed by atoms with Crippen molar-refractivity contribution in [3.05, 3.63) is 23.1 Å². The summed E-state index contributed by atoms with van der Waals surface area (Å²) < 4.78 is 5.00. The predicted octanol–water partition coefficient (Wildman–Crippen LogP) is 2.46. The summed E-state index contributed by atoms with van der Waals surface area (Å²) in [6.45, 7) is 2.01. The maximum atomic E-state index is 11.5. The molecule has 1 saturated carbocycles. The molecule has 1 unspecified atom stereocenters. The highest BCUT2D eigenvalue weighted by Gasteiger charge is 2.29. The van der Waals surface area contributed by atoms with E-state index in [1.165, 1.54) is 12.8 Å². The Bertz CT molecular complexity index is 344. The van der Waals surface area contributed by atoms with Gasteiger partial charge in [-0.2, -0.15) is 0 Å². The van der Waals surface area contributed by atoms with Gasteiger partial charge in [-0.25, -0.2) is 0 Å². The van der Waals surface area contributed by atoms with E-state index >= 15 is 0 Å². The lowest BCUT2D eigenvalue weighted by Gasteiger charge is -2.10. The van der Waals surface area contributed by atoms with Crippen molar-refractivity contribution in [2.75, 3.05) is 0 Å². The summed E-state index contributed by atoms with van der Waals surface area (Å²) in [5, 5.41) is 3.12. The highest BCUT2D eigenvalue weighted by molar-refractivity contribution is 6.29. The van der Waals surface area contributed by atoms with Crippen molar-refractivity contribution in [3.63, 3.8) is 0 Å². The monoisotopic (exact) mass is 213 g/mol. The molecule has 4 heteroatoms. The number of carbonyl (C=O) groups excluding carboxylic acids is 1. The second kappa shape index (κ2) is 3.65. The molecule has 1 aromatic rings. The van der Waals surface area contributed by atoms with Crippen LogP contribution in [0.3, 0.4) is 0 Å². The topological polar surface area (TPSA) is 42.2 Å². The number of halogens is 1. The lowest BCUT2D eigenvalue weighted by molar-refractivity contribution is 0.0908. The second-order valence-electron chi connectivity index (χ2n) is 3.70. The molecule has 2 rings (SSSR count). The molecular formula is C10H12ClNO2. The van der Waals surface area contributed by atoms with E-state index in [1.807, 2.05) is 6.92 Å². The minimum absolute atomic E-state index is 0.184. The number of furan rings is 1.